The van der Waals surface area contributed by atoms with Crippen molar-refractivity contribution in [3.8, 4) is 0 Å². The van der Waals surface area contributed by atoms with Crippen LogP contribution in [0, 0.1) is 5.92 Å². The summed E-state index contributed by atoms with van der Waals surface area (Å²) in [7, 11) is 0. The molecule has 0 bridgehead atoms. The summed E-state index contributed by atoms with van der Waals surface area (Å²) < 4.78 is 15.0. The van der Waals surface area contributed by atoms with E-state index in [0.717, 1.165) is 12.8 Å². The maximum absolute atomic E-state index is 11.4. The average molecular weight is 330 g/mol. The predicted molar refractivity (Wildman–Crippen MR) is 90.2 cm³/mol. The van der Waals surface area contributed by atoms with Crippen LogP contribution in [-0.2, 0) is 23.8 Å². The molecule has 0 saturated heterocycles. The lowest BCUT2D eigenvalue weighted by atomic mass is 10.1. The van der Waals surface area contributed by atoms with Crippen molar-refractivity contribution in [3.05, 3.63) is 0 Å². The summed E-state index contributed by atoms with van der Waals surface area (Å²) in [6, 6.07) is 0. The molecule has 0 saturated carbocycles. The van der Waals surface area contributed by atoms with Gasteiger partial charge in [0.25, 0.3) is 0 Å². The normalized spacial score (nSPS) is 10.8. The molecule has 0 aromatic carbocycles. The Balaban J connectivity index is 3.32. The van der Waals surface area contributed by atoms with E-state index < -0.39 is 11.9 Å². The largest absolute Gasteiger partial charge is 0.464 e. The Labute approximate surface area is 141 Å². The first-order valence-corrected chi connectivity index (χ1v) is 8.95. The molecule has 0 atom stereocenters. The molecule has 0 aromatic heterocycles. The van der Waals surface area contributed by atoms with Crippen LogP contribution in [0.25, 0.3) is 0 Å². The minimum absolute atomic E-state index is 0.201. The summed E-state index contributed by atoms with van der Waals surface area (Å²) in [5.74, 6) is -0.588. The number of ether oxygens (including phenoxy) is 3. The van der Waals surface area contributed by atoms with Gasteiger partial charge in [-0.3, -0.25) is 0 Å². The highest BCUT2D eigenvalue weighted by atomic mass is 16.6. The Kier molecular flexibility index (Phi) is 15.0. The zero-order chi connectivity index (χ0) is 17.3. The van der Waals surface area contributed by atoms with Crippen LogP contribution in [0.15, 0.2) is 0 Å². The van der Waals surface area contributed by atoms with Crippen LogP contribution in [0.4, 0.5) is 0 Å². The number of carbonyl (C=O) groups excluding carboxylic acids is 2. The van der Waals surface area contributed by atoms with Crippen LogP contribution in [0.3, 0.4) is 0 Å². The van der Waals surface area contributed by atoms with Crippen molar-refractivity contribution in [2.24, 2.45) is 5.92 Å². The lowest BCUT2D eigenvalue weighted by molar-refractivity contribution is -0.156. The second-order valence-electron chi connectivity index (χ2n) is 6.27. The van der Waals surface area contributed by atoms with Gasteiger partial charge in [0.05, 0.1) is 13.2 Å². The first kappa shape index (κ1) is 21.9. The topological polar surface area (TPSA) is 61.8 Å². The molecule has 0 aliphatic rings. The molecule has 0 radical (unpaired) electrons. The Morgan fingerprint density at radius 3 is 1.87 bits per heavy atom. The third kappa shape index (κ3) is 17.1. The lowest BCUT2D eigenvalue weighted by Gasteiger charge is -2.08. The zero-order valence-electron chi connectivity index (χ0n) is 15.1. The summed E-state index contributed by atoms with van der Waals surface area (Å²) in [5, 5.41) is 0. The fourth-order valence-electron chi connectivity index (χ4n) is 1.98. The minimum atomic E-state index is -0.449. The standard InChI is InChI=1S/C18H34O5/c1-4-5-6-7-8-9-10-11-12-22-17(19)14-21-15-18(20)23-13-16(2)3/h16H,4-15H2,1-3H3. The van der Waals surface area contributed by atoms with Gasteiger partial charge in [-0.2, -0.15) is 0 Å². The summed E-state index contributed by atoms with van der Waals surface area (Å²) in [4.78, 5) is 22.7. The summed E-state index contributed by atoms with van der Waals surface area (Å²) in [6.07, 6.45) is 9.64. The molecule has 0 spiro atoms. The van der Waals surface area contributed by atoms with Gasteiger partial charge in [-0.05, 0) is 12.3 Å². The van der Waals surface area contributed by atoms with Crippen molar-refractivity contribution in [1.29, 1.82) is 0 Å². The Morgan fingerprint density at radius 2 is 1.30 bits per heavy atom. The third-order valence-electron chi connectivity index (χ3n) is 3.28. The molecule has 5 heteroatoms. The molecule has 5 nitrogen and oxygen atoms in total. The zero-order valence-corrected chi connectivity index (χ0v) is 15.1. The van der Waals surface area contributed by atoms with Gasteiger partial charge in [0.1, 0.15) is 13.2 Å². The van der Waals surface area contributed by atoms with E-state index in [-0.39, 0.29) is 19.1 Å². The molecule has 0 amide bonds. The number of hydrogen-bond acceptors (Lipinski definition) is 5. The van der Waals surface area contributed by atoms with Gasteiger partial charge in [-0.1, -0.05) is 65.7 Å². The fourth-order valence-corrected chi connectivity index (χ4v) is 1.98. The Morgan fingerprint density at radius 1 is 0.783 bits per heavy atom. The first-order chi connectivity index (χ1) is 11.1. The van der Waals surface area contributed by atoms with Crippen molar-refractivity contribution >= 4 is 11.9 Å². The second kappa shape index (κ2) is 15.8. The van der Waals surface area contributed by atoms with Crippen molar-refractivity contribution in [2.45, 2.75) is 72.1 Å². The lowest BCUT2D eigenvalue weighted by Crippen LogP contribution is -2.20. The van der Waals surface area contributed by atoms with Gasteiger partial charge >= 0.3 is 11.9 Å². The van der Waals surface area contributed by atoms with E-state index in [2.05, 4.69) is 6.92 Å². The molecule has 0 aromatic rings. The van der Waals surface area contributed by atoms with Crippen LogP contribution in [0.1, 0.15) is 72.1 Å². The molecule has 0 aliphatic carbocycles. The molecular weight excluding hydrogens is 296 g/mol. The van der Waals surface area contributed by atoms with Gasteiger partial charge in [0.15, 0.2) is 0 Å². The number of carbonyl (C=O) groups is 2. The summed E-state index contributed by atoms with van der Waals surface area (Å²) in [5.41, 5.74) is 0. The fraction of sp³-hybridized carbons (Fsp3) is 0.889. The number of hydrogen-bond donors (Lipinski definition) is 0. The van der Waals surface area contributed by atoms with E-state index in [9.17, 15) is 9.59 Å². The molecule has 23 heavy (non-hydrogen) atoms. The molecule has 0 fully saturated rings. The second-order valence-corrected chi connectivity index (χ2v) is 6.27. The van der Waals surface area contributed by atoms with Crippen LogP contribution in [0.2, 0.25) is 0 Å². The van der Waals surface area contributed by atoms with E-state index in [0.29, 0.717) is 13.2 Å². The molecule has 0 rings (SSSR count). The highest BCUT2D eigenvalue weighted by Gasteiger charge is 2.08. The maximum Gasteiger partial charge on any atom is 0.332 e. The number of rotatable bonds is 15. The highest BCUT2D eigenvalue weighted by molar-refractivity contribution is 5.73. The maximum atomic E-state index is 11.4. The Hall–Kier alpha value is -1.10. The van der Waals surface area contributed by atoms with Crippen LogP contribution < -0.4 is 0 Å². The molecule has 0 heterocycles. The highest BCUT2D eigenvalue weighted by Crippen LogP contribution is 2.08. The monoisotopic (exact) mass is 330 g/mol. The van der Waals surface area contributed by atoms with E-state index in [1.54, 1.807) is 0 Å². The van der Waals surface area contributed by atoms with Crippen molar-refractivity contribution in [3.63, 3.8) is 0 Å². The van der Waals surface area contributed by atoms with Gasteiger partial charge < -0.3 is 14.2 Å². The average Bonchev–Trinajstić information content (AvgIpc) is 2.51. The third-order valence-corrected chi connectivity index (χ3v) is 3.28. The smallest absolute Gasteiger partial charge is 0.332 e. The number of esters is 2. The summed E-state index contributed by atoms with van der Waals surface area (Å²) >= 11 is 0. The van der Waals surface area contributed by atoms with Crippen molar-refractivity contribution in [1.82, 2.24) is 0 Å². The first-order valence-electron chi connectivity index (χ1n) is 8.95. The van der Waals surface area contributed by atoms with Gasteiger partial charge in [0, 0.05) is 0 Å². The summed E-state index contributed by atoms with van der Waals surface area (Å²) in [6.45, 7) is 6.51. The van der Waals surface area contributed by atoms with Crippen LogP contribution >= 0.6 is 0 Å². The minimum Gasteiger partial charge on any atom is -0.464 e. The van der Waals surface area contributed by atoms with Crippen molar-refractivity contribution in [2.75, 3.05) is 26.4 Å². The van der Waals surface area contributed by atoms with Crippen molar-refractivity contribution < 1.29 is 23.8 Å². The number of unbranched alkanes of at least 4 members (excludes halogenated alkanes) is 7. The Bertz CT molecular complexity index is 302. The molecule has 0 unspecified atom stereocenters. The SMILES string of the molecule is CCCCCCCCCCOC(=O)COCC(=O)OCC(C)C. The van der Waals surface area contributed by atoms with E-state index in [1.807, 2.05) is 13.8 Å². The predicted octanol–water partition coefficient (Wildman–Crippen LogP) is 3.89. The quantitative estimate of drug-likeness (QED) is 0.337. The van der Waals surface area contributed by atoms with E-state index in [1.165, 1.54) is 38.5 Å². The van der Waals surface area contributed by atoms with Gasteiger partial charge in [-0.15, -0.1) is 0 Å². The molecule has 136 valence electrons. The van der Waals surface area contributed by atoms with Crippen LogP contribution in [-0.4, -0.2) is 38.4 Å². The van der Waals surface area contributed by atoms with Crippen LogP contribution in [0.5, 0.6) is 0 Å². The molecule has 0 aliphatic heterocycles. The van der Waals surface area contributed by atoms with E-state index in [4.69, 9.17) is 14.2 Å². The van der Waals surface area contributed by atoms with E-state index >= 15 is 0 Å². The molecule has 0 N–H and O–H groups in total. The molecular formula is C18H34O5. The van der Waals surface area contributed by atoms with Gasteiger partial charge in [0.2, 0.25) is 0 Å². The van der Waals surface area contributed by atoms with Gasteiger partial charge in [-0.25, -0.2) is 9.59 Å².